The molecule has 7 nitrogen and oxygen atoms in total. The number of hydrogen-bond acceptors (Lipinski definition) is 6. The van der Waals surface area contributed by atoms with Crippen LogP contribution in [0.25, 0.3) is 0 Å². The molecule has 0 radical (unpaired) electrons. The van der Waals surface area contributed by atoms with E-state index in [0.717, 1.165) is 5.69 Å². The van der Waals surface area contributed by atoms with E-state index in [2.05, 4.69) is 20.6 Å². The summed E-state index contributed by atoms with van der Waals surface area (Å²) >= 11 is 1.27. The number of anilines is 1. The number of aryl methyl sites for hydroxylation is 1. The summed E-state index contributed by atoms with van der Waals surface area (Å²) in [5, 5.41) is 20.6. The van der Waals surface area contributed by atoms with Gasteiger partial charge in [0.2, 0.25) is 0 Å². The highest BCUT2D eigenvalue weighted by Crippen LogP contribution is 2.17. The SMILES string of the molecule is CC(=NO)c1csc(NC(=O)c2cnn(C)c2C)n1. The first-order chi connectivity index (χ1) is 9.02. The topological polar surface area (TPSA) is 92.4 Å². The normalized spacial score (nSPS) is 11.6. The van der Waals surface area contributed by atoms with Gasteiger partial charge >= 0.3 is 0 Å². The van der Waals surface area contributed by atoms with Crippen LogP contribution in [0.5, 0.6) is 0 Å². The van der Waals surface area contributed by atoms with Crippen molar-refractivity contribution in [3.8, 4) is 0 Å². The van der Waals surface area contributed by atoms with Gasteiger partial charge in [0.05, 0.1) is 11.8 Å². The number of nitrogens with one attached hydrogen (secondary N) is 1. The average molecular weight is 279 g/mol. The molecule has 2 N–H and O–H groups in total. The molecule has 0 bridgehead atoms. The maximum absolute atomic E-state index is 12.0. The number of carbonyl (C=O) groups excluding carboxylic acids is 1. The van der Waals surface area contributed by atoms with Crippen molar-refractivity contribution in [3.05, 3.63) is 28.5 Å². The van der Waals surface area contributed by atoms with Gasteiger partial charge in [-0.05, 0) is 13.8 Å². The van der Waals surface area contributed by atoms with E-state index in [1.807, 2.05) is 6.92 Å². The lowest BCUT2D eigenvalue weighted by Crippen LogP contribution is -2.13. The van der Waals surface area contributed by atoms with Gasteiger partial charge in [-0.25, -0.2) is 4.98 Å². The fourth-order valence-corrected chi connectivity index (χ4v) is 2.18. The Morgan fingerprint density at radius 3 is 2.89 bits per heavy atom. The van der Waals surface area contributed by atoms with Crippen molar-refractivity contribution < 1.29 is 10.0 Å². The van der Waals surface area contributed by atoms with E-state index in [4.69, 9.17) is 5.21 Å². The van der Waals surface area contributed by atoms with Crippen molar-refractivity contribution in [2.45, 2.75) is 13.8 Å². The average Bonchev–Trinajstić information content (AvgIpc) is 2.97. The Bertz CT molecular complexity index is 643. The third kappa shape index (κ3) is 2.63. The van der Waals surface area contributed by atoms with Gasteiger partial charge in [0.25, 0.3) is 5.91 Å². The van der Waals surface area contributed by atoms with Gasteiger partial charge in [-0.1, -0.05) is 5.16 Å². The smallest absolute Gasteiger partial charge is 0.260 e. The predicted octanol–water partition coefficient (Wildman–Crippen LogP) is 1.64. The molecule has 0 unspecified atom stereocenters. The van der Waals surface area contributed by atoms with Gasteiger partial charge in [0, 0.05) is 18.1 Å². The van der Waals surface area contributed by atoms with Crippen LogP contribution in [0.1, 0.15) is 28.7 Å². The molecule has 0 spiro atoms. The van der Waals surface area contributed by atoms with Crippen molar-refractivity contribution >= 4 is 28.1 Å². The molecule has 0 fully saturated rings. The molecule has 0 saturated carbocycles. The fraction of sp³-hybridized carbons (Fsp3) is 0.273. The van der Waals surface area contributed by atoms with Gasteiger partial charge in [-0.15, -0.1) is 11.3 Å². The van der Waals surface area contributed by atoms with Crippen molar-refractivity contribution in [2.24, 2.45) is 12.2 Å². The van der Waals surface area contributed by atoms with E-state index in [1.165, 1.54) is 17.5 Å². The Balaban J connectivity index is 2.16. The highest BCUT2D eigenvalue weighted by atomic mass is 32.1. The van der Waals surface area contributed by atoms with Crippen molar-refractivity contribution in [1.82, 2.24) is 14.8 Å². The summed E-state index contributed by atoms with van der Waals surface area (Å²) in [6.07, 6.45) is 1.51. The van der Waals surface area contributed by atoms with E-state index in [-0.39, 0.29) is 5.91 Å². The first kappa shape index (κ1) is 13.2. The molecule has 0 aliphatic carbocycles. The number of hydrogen-bond donors (Lipinski definition) is 2. The van der Waals surface area contributed by atoms with E-state index < -0.39 is 0 Å². The third-order valence-corrected chi connectivity index (χ3v) is 3.48. The van der Waals surface area contributed by atoms with Crippen LogP contribution >= 0.6 is 11.3 Å². The maximum atomic E-state index is 12.0. The molecule has 19 heavy (non-hydrogen) atoms. The quantitative estimate of drug-likeness (QED) is 0.507. The van der Waals surface area contributed by atoms with Gasteiger partial charge < -0.3 is 5.21 Å². The summed E-state index contributed by atoms with van der Waals surface area (Å²) in [5.74, 6) is -0.259. The number of amides is 1. The van der Waals surface area contributed by atoms with Gasteiger partial charge in [0.1, 0.15) is 11.4 Å². The molecule has 0 atom stereocenters. The first-order valence-corrected chi connectivity index (χ1v) is 6.35. The summed E-state index contributed by atoms with van der Waals surface area (Å²) in [5.41, 5.74) is 2.22. The van der Waals surface area contributed by atoms with Crippen LogP contribution in [-0.2, 0) is 7.05 Å². The minimum absolute atomic E-state index is 0.259. The van der Waals surface area contributed by atoms with E-state index in [9.17, 15) is 4.79 Å². The molecule has 8 heteroatoms. The van der Waals surface area contributed by atoms with Gasteiger partial charge in [-0.2, -0.15) is 5.10 Å². The molecule has 2 aromatic rings. The molecule has 2 aromatic heterocycles. The summed E-state index contributed by atoms with van der Waals surface area (Å²) < 4.78 is 1.63. The zero-order valence-electron chi connectivity index (χ0n) is 10.7. The lowest BCUT2D eigenvalue weighted by molar-refractivity contribution is 0.102. The highest BCUT2D eigenvalue weighted by Gasteiger charge is 2.15. The Kier molecular flexibility index (Phi) is 3.61. The summed E-state index contributed by atoms with van der Waals surface area (Å²) in [7, 11) is 1.77. The van der Waals surface area contributed by atoms with Crippen LogP contribution in [0.4, 0.5) is 5.13 Å². The minimum atomic E-state index is -0.259. The third-order valence-electron chi connectivity index (χ3n) is 2.73. The molecule has 0 saturated heterocycles. The molecule has 1 amide bonds. The lowest BCUT2D eigenvalue weighted by atomic mass is 10.2. The number of aromatic nitrogens is 3. The van der Waals surface area contributed by atoms with Crippen LogP contribution in [0.3, 0.4) is 0 Å². The molecule has 2 rings (SSSR count). The minimum Gasteiger partial charge on any atom is -0.411 e. The number of carbonyl (C=O) groups is 1. The number of rotatable bonds is 3. The van der Waals surface area contributed by atoms with Crippen molar-refractivity contribution in [2.75, 3.05) is 5.32 Å². The van der Waals surface area contributed by atoms with Crippen LogP contribution in [0.2, 0.25) is 0 Å². The van der Waals surface area contributed by atoms with Crippen LogP contribution in [0, 0.1) is 6.92 Å². The second kappa shape index (κ2) is 5.19. The monoisotopic (exact) mass is 279 g/mol. The number of thiazole rings is 1. The Morgan fingerprint density at radius 2 is 2.32 bits per heavy atom. The largest absolute Gasteiger partial charge is 0.411 e. The zero-order chi connectivity index (χ0) is 14.0. The van der Waals surface area contributed by atoms with Crippen LogP contribution < -0.4 is 5.32 Å². The summed E-state index contributed by atoms with van der Waals surface area (Å²) in [6, 6.07) is 0. The Hall–Kier alpha value is -2.22. The van der Waals surface area contributed by atoms with Gasteiger partial charge in [-0.3, -0.25) is 14.8 Å². The van der Waals surface area contributed by atoms with E-state index >= 15 is 0 Å². The van der Waals surface area contributed by atoms with Crippen molar-refractivity contribution in [3.63, 3.8) is 0 Å². The zero-order valence-corrected chi connectivity index (χ0v) is 11.5. The summed E-state index contributed by atoms with van der Waals surface area (Å²) in [6.45, 7) is 3.45. The fourth-order valence-electron chi connectivity index (χ4n) is 1.43. The second-order valence-electron chi connectivity index (χ2n) is 3.94. The standard InChI is InChI=1S/C11H13N5O2S/c1-6(15-18)9-5-19-11(13-9)14-10(17)8-4-12-16(3)7(8)2/h4-5,18H,1-3H3,(H,13,14,17). The maximum Gasteiger partial charge on any atom is 0.260 e. The second-order valence-corrected chi connectivity index (χ2v) is 4.80. The Morgan fingerprint density at radius 1 is 1.58 bits per heavy atom. The molecule has 2 heterocycles. The van der Waals surface area contributed by atoms with Crippen LogP contribution in [0.15, 0.2) is 16.7 Å². The Labute approximate surface area is 113 Å². The molecule has 100 valence electrons. The highest BCUT2D eigenvalue weighted by molar-refractivity contribution is 7.14. The molecule has 0 aliphatic heterocycles. The number of nitrogens with zero attached hydrogens (tertiary/aromatic N) is 4. The number of oxime groups is 1. The van der Waals surface area contributed by atoms with E-state index in [1.54, 1.807) is 24.0 Å². The first-order valence-electron chi connectivity index (χ1n) is 5.47. The summed E-state index contributed by atoms with van der Waals surface area (Å²) in [4.78, 5) is 16.2. The molecular formula is C11H13N5O2S. The molecule has 0 aliphatic rings. The molecule has 0 aromatic carbocycles. The lowest BCUT2D eigenvalue weighted by Gasteiger charge is -2.00. The van der Waals surface area contributed by atoms with Crippen molar-refractivity contribution in [1.29, 1.82) is 0 Å². The van der Waals surface area contributed by atoms with Crippen LogP contribution in [-0.4, -0.2) is 31.6 Å². The van der Waals surface area contributed by atoms with E-state index in [0.29, 0.717) is 22.1 Å². The predicted molar refractivity (Wildman–Crippen MR) is 72.0 cm³/mol. The molecular weight excluding hydrogens is 266 g/mol. The van der Waals surface area contributed by atoms with Gasteiger partial charge in [0.15, 0.2) is 5.13 Å².